The van der Waals surface area contributed by atoms with Gasteiger partial charge < -0.3 is 9.88 Å². The van der Waals surface area contributed by atoms with E-state index >= 15 is 0 Å². The molecule has 1 aliphatic rings. The summed E-state index contributed by atoms with van der Waals surface area (Å²) in [6, 6.07) is 58.6. The van der Waals surface area contributed by atoms with Crippen LogP contribution in [0.2, 0.25) is 0 Å². The molecule has 7 aromatic carbocycles. The molecule has 5 nitrogen and oxygen atoms in total. The summed E-state index contributed by atoms with van der Waals surface area (Å²) in [5, 5.41) is 14.9. The van der Waals surface area contributed by atoms with Gasteiger partial charge in [-0.2, -0.15) is 0 Å². The maximum absolute atomic E-state index is 5.38. The molecule has 10 rings (SSSR count). The molecule has 2 unspecified atom stereocenters. The van der Waals surface area contributed by atoms with Crippen LogP contribution < -0.4 is 10.6 Å². The van der Waals surface area contributed by atoms with Crippen LogP contribution in [0.15, 0.2) is 169 Å². The molecule has 0 saturated heterocycles. The number of nitrogens with one attached hydrogen (secondary N) is 2. The van der Waals surface area contributed by atoms with Gasteiger partial charge in [-0.15, -0.1) is 0 Å². The molecule has 2 atom stereocenters. The zero-order valence-electron chi connectivity index (χ0n) is 26.1. The number of hydrogen-bond donors (Lipinski definition) is 2. The van der Waals surface area contributed by atoms with E-state index in [9.17, 15) is 0 Å². The van der Waals surface area contributed by atoms with E-state index in [1.165, 1.54) is 43.4 Å². The Balaban J connectivity index is 1.18. The highest BCUT2D eigenvalue weighted by molar-refractivity contribution is 6.15. The van der Waals surface area contributed by atoms with Crippen LogP contribution in [0.1, 0.15) is 23.5 Å². The van der Waals surface area contributed by atoms with Crippen molar-refractivity contribution >= 4 is 60.3 Å². The van der Waals surface area contributed by atoms with E-state index in [1.54, 1.807) is 0 Å². The first-order chi connectivity index (χ1) is 23.8. The highest BCUT2D eigenvalue weighted by atomic mass is 15.4. The van der Waals surface area contributed by atoms with E-state index in [1.807, 2.05) is 0 Å². The molecule has 48 heavy (non-hydrogen) atoms. The van der Waals surface area contributed by atoms with Gasteiger partial charge in [-0.25, -0.2) is 4.99 Å². The van der Waals surface area contributed by atoms with Gasteiger partial charge in [0.15, 0.2) is 0 Å². The fourth-order valence-electron chi connectivity index (χ4n) is 7.55. The summed E-state index contributed by atoms with van der Waals surface area (Å²) in [7, 11) is 0. The number of nitrogens with zero attached hydrogens (tertiary/aromatic N) is 3. The molecule has 228 valence electrons. The summed E-state index contributed by atoms with van der Waals surface area (Å²) in [5.41, 5.74) is 8.06. The Morgan fingerprint density at radius 1 is 0.438 bits per heavy atom. The molecule has 2 N–H and O–H groups in total. The van der Waals surface area contributed by atoms with Gasteiger partial charge in [0.2, 0.25) is 5.96 Å². The van der Waals surface area contributed by atoms with Crippen LogP contribution >= 0.6 is 0 Å². The van der Waals surface area contributed by atoms with Crippen molar-refractivity contribution in [3.8, 4) is 5.69 Å². The first-order valence-corrected chi connectivity index (χ1v) is 16.5. The minimum atomic E-state index is -0.246. The maximum atomic E-state index is 5.38. The summed E-state index contributed by atoms with van der Waals surface area (Å²) in [6.45, 7) is 0. The SMILES string of the molecule is c1ccc(C2NC(n3c4ccccc4c4cc(-n5c6ccccc6c6ccccc65)ccc43)=NC(c3ccc4ccccc4c3)N2)cc1. The van der Waals surface area contributed by atoms with Crippen molar-refractivity contribution in [3.63, 3.8) is 0 Å². The molecule has 0 aliphatic carbocycles. The van der Waals surface area contributed by atoms with E-state index in [0.717, 1.165) is 33.8 Å². The average molecular weight is 618 g/mol. The average Bonchev–Trinajstić information content (AvgIpc) is 3.67. The Hall–Kier alpha value is -6.17. The second-order valence-corrected chi connectivity index (χ2v) is 12.5. The van der Waals surface area contributed by atoms with Crippen LogP contribution in [-0.2, 0) is 0 Å². The standard InChI is InChI=1S/C43H31N5/c1-2-13-29(14-3-1)41-44-42(31-23-22-28-12-4-5-15-30(28)26-31)46-43(45-41)48-39-21-11-8-18-35(39)36-27-32(24-25-40(36)48)47-37-19-9-6-16-33(37)34-17-7-10-20-38(34)47/h1-27,41-42,44H,(H,45,46). The minimum absolute atomic E-state index is 0.136. The minimum Gasteiger partial charge on any atom is -0.336 e. The Bertz CT molecular complexity index is 2650. The third kappa shape index (κ3) is 4.18. The lowest BCUT2D eigenvalue weighted by molar-refractivity contribution is 0.403. The number of aliphatic imine (C=N–C) groups is 1. The molecule has 3 heterocycles. The van der Waals surface area contributed by atoms with E-state index in [-0.39, 0.29) is 12.3 Å². The lowest BCUT2D eigenvalue weighted by Crippen LogP contribution is -2.47. The van der Waals surface area contributed by atoms with Gasteiger partial charge in [0, 0.05) is 27.2 Å². The lowest BCUT2D eigenvalue weighted by Gasteiger charge is -2.32. The predicted molar refractivity (Wildman–Crippen MR) is 199 cm³/mol. The Morgan fingerprint density at radius 3 is 1.75 bits per heavy atom. The van der Waals surface area contributed by atoms with Gasteiger partial charge in [0.05, 0.1) is 22.1 Å². The Kier molecular flexibility index (Phi) is 6.01. The van der Waals surface area contributed by atoms with Crippen molar-refractivity contribution in [1.82, 2.24) is 19.8 Å². The Morgan fingerprint density at radius 2 is 1.02 bits per heavy atom. The largest absolute Gasteiger partial charge is 0.336 e. The molecular formula is C43H31N5. The highest BCUT2D eigenvalue weighted by Gasteiger charge is 2.27. The molecule has 0 amide bonds. The van der Waals surface area contributed by atoms with E-state index in [4.69, 9.17) is 4.99 Å². The van der Waals surface area contributed by atoms with E-state index in [0.29, 0.717) is 0 Å². The van der Waals surface area contributed by atoms with Gasteiger partial charge in [-0.3, -0.25) is 9.88 Å². The van der Waals surface area contributed by atoms with Crippen molar-refractivity contribution in [2.75, 3.05) is 0 Å². The zero-order chi connectivity index (χ0) is 31.6. The van der Waals surface area contributed by atoms with Crippen LogP contribution in [-0.4, -0.2) is 15.1 Å². The number of rotatable bonds is 3. The van der Waals surface area contributed by atoms with Crippen LogP contribution in [0, 0.1) is 0 Å². The molecular weight excluding hydrogens is 587 g/mol. The first kappa shape index (κ1) is 27.0. The maximum Gasteiger partial charge on any atom is 0.206 e. The normalized spacial score (nSPS) is 16.5. The second kappa shape index (κ2) is 10.7. The lowest BCUT2D eigenvalue weighted by atomic mass is 10.0. The van der Waals surface area contributed by atoms with Crippen molar-refractivity contribution in [2.45, 2.75) is 12.3 Å². The second-order valence-electron chi connectivity index (χ2n) is 12.5. The molecule has 1 aliphatic heterocycles. The number of para-hydroxylation sites is 3. The van der Waals surface area contributed by atoms with Gasteiger partial charge >= 0.3 is 0 Å². The number of hydrogen-bond acceptors (Lipinski definition) is 3. The smallest absolute Gasteiger partial charge is 0.206 e. The van der Waals surface area contributed by atoms with Crippen LogP contribution in [0.4, 0.5) is 0 Å². The van der Waals surface area contributed by atoms with Crippen molar-refractivity contribution < 1.29 is 0 Å². The van der Waals surface area contributed by atoms with Gasteiger partial charge in [-0.05, 0) is 64.4 Å². The summed E-state index contributed by atoms with van der Waals surface area (Å²) >= 11 is 0. The summed E-state index contributed by atoms with van der Waals surface area (Å²) in [5.74, 6) is 0.816. The topological polar surface area (TPSA) is 46.3 Å². The van der Waals surface area contributed by atoms with E-state index < -0.39 is 0 Å². The molecule has 0 radical (unpaired) electrons. The highest BCUT2D eigenvalue weighted by Crippen LogP contribution is 2.36. The monoisotopic (exact) mass is 617 g/mol. The summed E-state index contributed by atoms with van der Waals surface area (Å²) < 4.78 is 4.68. The number of fused-ring (bicyclic) bond motifs is 7. The number of benzene rings is 7. The van der Waals surface area contributed by atoms with Crippen LogP contribution in [0.5, 0.6) is 0 Å². The molecule has 5 heteroatoms. The van der Waals surface area contributed by atoms with Gasteiger partial charge in [-0.1, -0.05) is 121 Å². The zero-order valence-corrected chi connectivity index (χ0v) is 26.1. The molecule has 0 bridgehead atoms. The fourth-order valence-corrected chi connectivity index (χ4v) is 7.55. The van der Waals surface area contributed by atoms with E-state index in [2.05, 4.69) is 184 Å². The third-order valence-corrected chi connectivity index (χ3v) is 9.78. The molecule has 0 fully saturated rings. The first-order valence-electron chi connectivity index (χ1n) is 16.5. The number of aromatic nitrogens is 2. The van der Waals surface area contributed by atoms with Crippen molar-refractivity contribution in [3.05, 3.63) is 175 Å². The molecule has 2 aromatic heterocycles. The van der Waals surface area contributed by atoms with Crippen molar-refractivity contribution in [1.29, 1.82) is 0 Å². The summed E-state index contributed by atoms with van der Waals surface area (Å²) in [6.07, 6.45) is -0.382. The Labute approximate surface area is 277 Å². The summed E-state index contributed by atoms with van der Waals surface area (Å²) in [4.78, 5) is 5.38. The van der Waals surface area contributed by atoms with Crippen LogP contribution in [0.3, 0.4) is 0 Å². The van der Waals surface area contributed by atoms with Gasteiger partial charge in [0.25, 0.3) is 0 Å². The predicted octanol–water partition coefficient (Wildman–Crippen LogP) is 9.84. The van der Waals surface area contributed by atoms with Crippen molar-refractivity contribution in [2.24, 2.45) is 4.99 Å². The molecule has 9 aromatic rings. The molecule has 0 saturated carbocycles. The van der Waals surface area contributed by atoms with Gasteiger partial charge in [0.1, 0.15) is 12.3 Å². The fraction of sp³-hybridized carbons (Fsp3) is 0.0465. The van der Waals surface area contributed by atoms with Crippen LogP contribution in [0.25, 0.3) is 60.1 Å². The molecule has 0 spiro atoms. The quantitative estimate of drug-likeness (QED) is 0.207. The third-order valence-electron chi connectivity index (χ3n) is 9.78.